The van der Waals surface area contributed by atoms with E-state index in [-0.39, 0.29) is 11.5 Å². The van der Waals surface area contributed by atoms with Crippen LogP contribution in [0, 0.1) is 0 Å². The number of rotatable bonds is 5. The van der Waals surface area contributed by atoms with E-state index >= 15 is 0 Å². The summed E-state index contributed by atoms with van der Waals surface area (Å²) in [6.45, 7) is -0.209. The van der Waals surface area contributed by atoms with Crippen LogP contribution in [-0.2, 0) is 16.6 Å². The van der Waals surface area contributed by atoms with E-state index in [1.54, 1.807) is 18.2 Å². The fourth-order valence-electron chi connectivity index (χ4n) is 1.62. The topological polar surface area (TPSA) is 75.6 Å². The molecule has 5 nitrogen and oxygen atoms in total. The Bertz CT molecular complexity index is 759. The summed E-state index contributed by atoms with van der Waals surface area (Å²) in [4.78, 5) is 0.641. The van der Waals surface area contributed by atoms with E-state index in [0.29, 0.717) is 20.1 Å². The third-order valence-corrected chi connectivity index (χ3v) is 6.65. The van der Waals surface area contributed by atoms with Crippen molar-refractivity contribution in [1.29, 1.82) is 0 Å². The molecule has 0 spiro atoms. The Morgan fingerprint density at radius 1 is 1.33 bits per heavy atom. The highest BCUT2D eigenvalue weighted by atomic mass is 79.9. The minimum Gasteiger partial charge on any atom is -0.495 e. The average Bonchev–Trinajstić information content (AvgIpc) is 2.81. The maximum atomic E-state index is 12.4. The highest BCUT2D eigenvalue weighted by molar-refractivity contribution is 9.11. The number of ether oxygens (including phenoxy) is 1. The molecule has 0 unspecified atom stereocenters. The number of halogens is 2. The van der Waals surface area contributed by atoms with Gasteiger partial charge in [-0.1, -0.05) is 15.9 Å². The van der Waals surface area contributed by atoms with Crippen LogP contribution in [0.25, 0.3) is 0 Å². The fourth-order valence-corrected chi connectivity index (χ4v) is 5.58. The molecule has 0 amide bonds. The van der Waals surface area contributed by atoms with Crippen LogP contribution in [0.5, 0.6) is 5.75 Å². The van der Waals surface area contributed by atoms with Crippen LogP contribution in [0.3, 0.4) is 0 Å². The van der Waals surface area contributed by atoms with Crippen molar-refractivity contribution in [1.82, 2.24) is 0 Å². The van der Waals surface area contributed by atoms with E-state index in [0.717, 1.165) is 4.47 Å². The number of anilines is 1. The van der Waals surface area contributed by atoms with Crippen molar-refractivity contribution in [3.8, 4) is 5.75 Å². The zero-order valence-corrected chi connectivity index (χ0v) is 15.6. The lowest BCUT2D eigenvalue weighted by Gasteiger charge is -2.11. The number of sulfonamides is 1. The van der Waals surface area contributed by atoms with Crippen LogP contribution in [0.4, 0.5) is 5.69 Å². The first-order valence-corrected chi connectivity index (χ1v) is 9.51. The third kappa shape index (κ3) is 3.78. The van der Waals surface area contributed by atoms with E-state index in [9.17, 15) is 8.42 Å². The fraction of sp³-hybridized carbons (Fsp3) is 0.167. The number of methoxy groups -OCH3 is 1. The second-order valence-corrected chi connectivity index (χ2v) is 8.98. The zero-order valence-electron chi connectivity index (χ0n) is 10.8. The molecule has 114 valence electrons. The maximum Gasteiger partial charge on any atom is 0.264 e. The van der Waals surface area contributed by atoms with Crippen molar-refractivity contribution < 1.29 is 18.3 Å². The molecular weight excluding hydrogens is 446 g/mol. The first kappa shape index (κ1) is 16.8. The van der Waals surface area contributed by atoms with Gasteiger partial charge in [0.2, 0.25) is 0 Å². The Balaban J connectivity index is 2.41. The monoisotopic (exact) mass is 455 g/mol. The van der Waals surface area contributed by atoms with Crippen LogP contribution >= 0.6 is 43.2 Å². The molecule has 1 heterocycles. The molecule has 2 N–H and O–H groups in total. The molecule has 0 aliphatic carbocycles. The minimum atomic E-state index is -3.78. The molecule has 0 radical (unpaired) electrons. The summed E-state index contributed by atoms with van der Waals surface area (Å²) in [5.74, 6) is 0.413. The van der Waals surface area contributed by atoms with Gasteiger partial charge in [-0.2, -0.15) is 0 Å². The smallest absolute Gasteiger partial charge is 0.264 e. The third-order valence-electron chi connectivity index (χ3n) is 2.56. The van der Waals surface area contributed by atoms with Gasteiger partial charge in [0.05, 0.1) is 23.2 Å². The summed E-state index contributed by atoms with van der Waals surface area (Å²) in [6, 6.07) is 6.45. The normalized spacial score (nSPS) is 11.4. The molecule has 0 fully saturated rings. The van der Waals surface area contributed by atoms with Crippen molar-refractivity contribution >= 4 is 58.9 Å². The zero-order chi connectivity index (χ0) is 15.6. The SMILES string of the molecule is COc1ccc(Br)cc1NS(=O)(=O)c1cc(CO)sc1Br. The second-order valence-electron chi connectivity index (χ2n) is 3.96. The Labute approximate surface area is 143 Å². The average molecular weight is 457 g/mol. The van der Waals surface area contributed by atoms with E-state index in [2.05, 4.69) is 36.6 Å². The molecular formula is C12H11Br2NO4S2. The summed E-state index contributed by atoms with van der Waals surface area (Å²) < 4.78 is 33.7. The van der Waals surface area contributed by atoms with Crippen LogP contribution in [-0.4, -0.2) is 20.6 Å². The van der Waals surface area contributed by atoms with Gasteiger partial charge in [0.15, 0.2) is 0 Å². The van der Waals surface area contributed by atoms with Gasteiger partial charge in [-0.15, -0.1) is 11.3 Å². The van der Waals surface area contributed by atoms with Gasteiger partial charge in [-0.3, -0.25) is 4.72 Å². The highest BCUT2D eigenvalue weighted by Crippen LogP contribution is 2.35. The van der Waals surface area contributed by atoms with Gasteiger partial charge in [0.25, 0.3) is 10.0 Å². The van der Waals surface area contributed by atoms with Gasteiger partial charge in [0, 0.05) is 9.35 Å². The van der Waals surface area contributed by atoms with Crippen molar-refractivity contribution in [2.24, 2.45) is 0 Å². The van der Waals surface area contributed by atoms with E-state index < -0.39 is 10.0 Å². The number of nitrogens with one attached hydrogen (secondary N) is 1. The summed E-state index contributed by atoms with van der Waals surface area (Å²) in [5, 5.41) is 9.10. The number of hydrogen-bond donors (Lipinski definition) is 2. The van der Waals surface area contributed by atoms with Crippen molar-refractivity contribution in [3.05, 3.63) is 37.4 Å². The van der Waals surface area contributed by atoms with Gasteiger partial charge >= 0.3 is 0 Å². The van der Waals surface area contributed by atoms with E-state index in [1.165, 1.54) is 24.5 Å². The Hall–Kier alpha value is -0.610. The molecule has 2 aromatic rings. The van der Waals surface area contributed by atoms with Crippen molar-refractivity contribution in [2.75, 3.05) is 11.8 Å². The maximum absolute atomic E-state index is 12.4. The molecule has 0 atom stereocenters. The lowest BCUT2D eigenvalue weighted by molar-refractivity contribution is 0.285. The molecule has 0 bridgehead atoms. The van der Waals surface area contributed by atoms with Gasteiger partial charge in [0.1, 0.15) is 10.6 Å². The van der Waals surface area contributed by atoms with Crippen LogP contribution in [0.2, 0.25) is 0 Å². The molecule has 0 aliphatic rings. The largest absolute Gasteiger partial charge is 0.495 e. The summed E-state index contributed by atoms with van der Waals surface area (Å²) >= 11 is 7.67. The van der Waals surface area contributed by atoms with E-state index in [1.807, 2.05) is 0 Å². The number of aliphatic hydroxyl groups is 1. The molecule has 0 saturated carbocycles. The van der Waals surface area contributed by atoms with Crippen LogP contribution in [0.15, 0.2) is 37.4 Å². The number of aliphatic hydroxyl groups excluding tert-OH is 1. The predicted molar refractivity (Wildman–Crippen MR) is 89.4 cm³/mol. The van der Waals surface area contributed by atoms with Crippen molar-refractivity contribution in [3.63, 3.8) is 0 Å². The van der Waals surface area contributed by atoms with Crippen molar-refractivity contribution in [2.45, 2.75) is 11.5 Å². The van der Waals surface area contributed by atoms with Crippen LogP contribution < -0.4 is 9.46 Å². The van der Waals surface area contributed by atoms with E-state index in [4.69, 9.17) is 9.84 Å². The standard InChI is InChI=1S/C12H11Br2NO4S2/c1-19-10-3-2-7(13)4-9(10)15-21(17,18)11-5-8(6-16)20-12(11)14/h2-5,15-16H,6H2,1H3. The minimum absolute atomic E-state index is 0.0820. The first-order chi connectivity index (χ1) is 9.87. The Morgan fingerprint density at radius 2 is 2.05 bits per heavy atom. The predicted octanol–water partition coefficient (Wildman–Crippen LogP) is 3.57. The number of thiophene rings is 1. The summed E-state index contributed by atoms with van der Waals surface area (Å²) in [5.41, 5.74) is 0.329. The molecule has 0 saturated heterocycles. The van der Waals surface area contributed by atoms with Gasteiger partial charge in [-0.25, -0.2) is 8.42 Å². The molecule has 0 aliphatic heterocycles. The summed E-state index contributed by atoms with van der Waals surface area (Å²) in [7, 11) is -2.32. The number of benzene rings is 1. The Kier molecular flexibility index (Phi) is 5.31. The van der Waals surface area contributed by atoms with Gasteiger partial charge in [-0.05, 0) is 40.2 Å². The van der Waals surface area contributed by atoms with Crippen LogP contribution in [0.1, 0.15) is 4.88 Å². The lowest BCUT2D eigenvalue weighted by Crippen LogP contribution is -2.13. The first-order valence-electron chi connectivity index (χ1n) is 5.63. The second kappa shape index (κ2) is 6.66. The summed E-state index contributed by atoms with van der Waals surface area (Å²) in [6.07, 6.45) is 0. The quantitative estimate of drug-likeness (QED) is 0.720. The number of hydrogen-bond acceptors (Lipinski definition) is 5. The Morgan fingerprint density at radius 3 is 2.62 bits per heavy atom. The highest BCUT2D eigenvalue weighted by Gasteiger charge is 2.22. The molecule has 21 heavy (non-hydrogen) atoms. The molecule has 2 rings (SSSR count). The molecule has 9 heteroatoms. The van der Waals surface area contributed by atoms with Gasteiger partial charge < -0.3 is 9.84 Å². The molecule has 1 aromatic carbocycles. The lowest BCUT2D eigenvalue weighted by atomic mass is 10.3. The molecule has 1 aromatic heterocycles.